The van der Waals surface area contributed by atoms with Crippen LogP contribution in [0.3, 0.4) is 0 Å². The molecule has 1 saturated carbocycles. The van der Waals surface area contributed by atoms with Gasteiger partial charge in [-0.25, -0.2) is 13.1 Å². The zero-order chi connectivity index (χ0) is 13.0. The normalized spacial score (nSPS) is 15.3. The highest BCUT2D eigenvalue weighted by Crippen LogP contribution is 2.33. The van der Waals surface area contributed by atoms with Crippen LogP contribution in [-0.2, 0) is 10.0 Å². The van der Waals surface area contributed by atoms with Crippen molar-refractivity contribution in [2.45, 2.75) is 30.6 Å². The van der Waals surface area contributed by atoms with E-state index in [0.29, 0.717) is 12.1 Å². The average molecular weight is 264 g/mol. The molecule has 0 heterocycles. The largest absolute Gasteiger partial charge is 0.240 e. The van der Waals surface area contributed by atoms with Gasteiger partial charge in [-0.05, 0) is 43.0 Å². The first-order chi connectivity index (χ1) is 8.62. The monoisotopic (exact) mass is 264 g/mol. The molecule has 1 aromatic carbocycles. The maximum Gasteiger partial charge on any atom is 0.240 e. The van der Waals surface area contributed by atoms with Crippen LogP contribution in [-0.4, -0.2) is 15.0 Å². The summed E-state index contributed by atoms with van der Waals surface area (Å²) in [7, 11) is -3.42. The fourth-order valence-electron chi connectivity index (χ4n) is 1.80. The summed E-state index contributed by atoms with van der Waals surface area (Å²) < 4.78 is 26.4. The first kappa shape index (κ1) is 13.1. The minimum atomic E-state index is -3.42. The predicted molar refractivity (Wildman–Crippen MR) is 68.3 cm³/mol. The molecular weight excluding hydrogens is 248 g/mol. The van der Waals surface area contributed by atoms with Gasteiger partial charge in [0.05, 0.1) is 16.5 Å². The Kier molecular flexibility index (Phi) is 4.00. The van der Waals surface area contributed by atoms with E-state index in [1.165, 1.54) is 37.1 Å². The van der Waals surface area contributed by atoms with Crippen molar-refractivity contribution in [1.29, 1.82) is 5.26 Å². The number of sulfonamides is 1. The Morgan fingerprint density at radius 2 is 1.94 bits per heavy atom. The third-order valence-corrected chi connectivity index (χ3v) is 4.55. The Morgan fingerprint density at radius 1 is 1.28 bits per heavy atom. The van der Waals surface area contributed by atoms with Crippen LogP contribution in [0.25, 0.3) is 0 Å². The van der Waals surface area contributed by atoms with Gasteiger partial charge in [-0.3, -0.25) is 0 Å². The van der Waals surface area contributed by atoms with Gasteiger partial charge in [-0.1, -0.05) is 12.8 Å². The van der Waals surface area contributed by atoms with E-state index < -0.39 is 10.0 Å². The molecule has 0 radical (unpaired) electrons. The molecule has 1 aliphatic rings. The second-order valence-electron chi connectivity index (χ2n) is 4.62. The smallest absolute Gasteiger partial charge is 0.211 e. The van der Waals surface area contributed by atoms with Crippen LogP contribution < -0.4 is 4.72 Å². The van der Waals surface area contributed by atoms with Crippen molar-refractivity contribution in [1.82, 2.24) is 4.72 Å². The van der Waals surface area contributed by atoms with E-state index in [1.54, 1.807) is 0 Å². The van der Waals surface area contributed by atoms with Crippen molar-refractivity contribution in [2.75, 3.05) is 6.54 Å². The van der Waals surface area contributed by atoms with Gasteiger partial charge in [-0.2, -0.15) is 5.26 Å². The van der Waals surface area contributed by atoms with Gasteiger partial charge < -0.3 is 0 Å². The van der Waals surface area contributed by atoms with Crippen molar-refractivity contribution in [3.63, 3.8) is 0 Å². The Morgan fingerprint density at radius 3 is 2.50 bits per heavy atom. The fraction of sp³-hybridized carbons (Fsp3) is 0.462. The van der Waals surface area contributed by atoms with Crippen molar-refractivity contribution in [3.05, 3.63) is 29.8 Å². The molecule has 0 aromatic heterocycles. The van der Waals surface area contributed by atoms with Gasteiger partial charge in [0.2, 0.25) is 10.0 Å². The van der Waals surface area contributed by atoms with Gasteiger partial charge in [0.25, 0.3) is 0 Å². The molecule has 0 saturated heterocycles. The van der Waals surface area contributed by atoms with Crippen molar-refractivity contribution < 1.29 is 8.42 Å². The first-order valence-electron chi connectivity index (χ1n) is 6.11. The molecule has 5 heteroatoms. The highest BCUT2D eigenvalue weighted by atomic mass is 32.2. The molecule has 0 unspecified atom stereocenters. The molecule has 1 N–H and O–H groups in total. The number of nitrogens with one attached hydrogen (secondary N) is 1. The maximum absolute atomic E-state index is 11.9. The summed E-state index contributed by atoms with van der Waals surface area (Å²) in [5.41, 5.74) is 0.461. The highest BCUT2D eigenvalue weighted by molar-refractivity contribution is 7.89. The maximum atomic E-state index is 11.9. The zero-order valence-electron chi connectivity index (χ0n) is 10.1. The first-order valence-corrected chi connectivity index (χ1v) is 7.60. The van der Waals surface area contributed by atoms with Crippen LogP contribution in [0.2, 0.25) is 0 Å². The van der Waals surface area contributed by atoms with Crippen LogP contribution in [0.5, 0.6) is 0 Å². The number of rotatable bonds is 6. The van der Waals surface area contributed by atoms with E-state index >= 15 is 0 Å². The van der Waals surface area contributed by atoms with Crippen molar-refractivity contribution in [2.24, 2.45) is 5.92 Å². The number of nitrogens with zero attached hydrogens (tertiary/aromatic N) is 1. The molecule has 0 aliphatic heterocycles. The molecule has 96 valence electrons. The van der Waals surface area contributed by atoms with Crippen LogP contribution in [0.15, 0.2) is 29.2 Å². The van der Waals surface area contributed by atoms with Crippen LogP contribution in [0.1, 0.15) is 31.2 Å². The van der Waals surface area contributed by atoms with Gasteiger partial charge in [0.1, 0.15) is 0 Å². The summed E-state index contributed by atoms with van der Waals surface area (Å²) in [6, 6.07) is 7.91. The SMILES string of the molecule is N#Cc1ccc(S(=O)(=O)NCCCC2CC2)cc1. The summed E-state index contributed by atoms with van der Waals surface area (Å²) in [6.45, 7) is 0.485. The lowest BCUT2D eigenvalue weighted by Gasteiger charge is -2.06. The zero-order valence-corrected chi connectivity index (χ0v) is 10.9. The summed E-state index contributed by atoms with van der Waals surface area (Å²) >= 11 is 0. The third kappa shape index (κ3) is 3.56. The molecule has 1 fully saturated rings. The van der Waals surface area contributed by atoms with E-state index in [1.807, 2.05) is 6.07 Å². The fourth-order valence-corrected chi connectivity index (χ4v) is 2.87. The number of nitriles is 1. The molecule has 0 bridgehead atoms. The van der Waals surface area contributed by atoms with Gasteiger partial charge in [0.15, 0.2) is 0 Å². The van der Waals surface area contributed by atoms with Crippen LogP contribution in [0, 0.1) is 17.2 Å². The lowest BCUT2D eigenvalue weighted by atomic mass is 10.2. The number of hydrogen-bond acceptors (Lipinski definition) is 3. The Labute approximate surface area is 108 Å². The topological polar surface area (TPSA) is 70.0 Å². The van der Waals surface area contributed by atoms with Gasteiger partial charge >= 0.3 is 0 Å². The lowest BCUT2D eigenvalue weighted by molar-refractivity contribution is 0.572. The molecule has 4 nitrogen and oxygen atoms in total. The predicted octanol–water partition coefficient (Wildman–Crippen LogP) is 2.03. The third-order valence-electron chi connectivity index (χ3n) is 3.07. The van der Waals surface area contributed by atoms with Crippen molar-refractivity contribution in [3.8, 4) is 6.07 Å². The van der Waals surface area contributed by atoms with E-state index in [9.17, 15) is 8.42 Å². The molecule has 0 amide bonds. The number of benzene rings is 1. The molecule has 1 aromatic rings. The van der Waals surface area contributed by atoms with Crippen LogP contribution >= 0.6 is 0 Å². The summed E-state index contributed by atoms with van der Waals surface area (Å²) in [5, 5.41) is 8.65. The van der Waals surface area contributed by atoms with Crippen LogP contribution in [0.4, 0.5) is 0 Å². The summed E-state index contributed by atoms with van der Waals surface area (Å²) in [5.74, 6) is 0.824. The lowest BCUT2D eigenvalue weighted by Crippen LogP contribution is -2.24. The minimum absolute atomic E-state index is 0.216. The van der Waals surface area contributed by atoms with Gasteiger partial charge in [-0.15, -0.1) is 0 Å². The highest BCUT2D eigenvalue weighted by Gasteiger charge is 2.20. The second-order valence-corrected chi connectivity index (χ2v) is 6.39. The summed E-state index contributed by atoms with van der Waals surface area (Å²) in [4.78, 5) is 0.216. The van der Waals surface area contributed by atoms with Gasteiger partial charge in [0, 0.05) is 6.54 Å². The number of hydrogen-bond donors (Lipinski definition) is 1. The molecule has 18 heavy (non-hydrogen) atoms. The molecule has 2 rings (SSSR count). The van der Waals surface area contributed by atoms with E-state index in [4.69, 9.17) is 5.26 Å². The summed E-state index contributed by atoms with van der Waals surface area (Å²) in [6.07, 6.45) is 4.58. The minimum Gasteiger partial charge on any atom is -0.211 e. The molecule has 0 atom stereocenters. The van der Waals surface area contributed by atoms with E-state index in [2.05, 4.69) is 4.72 Å². The Hall–Kier alpha value is -1.38. The average Bonchev–Trinajstić information content (AvgIpc) is 3.19. The Bertz CT molecular complexity index is 539. The second kappa shape index (κ2) is 5.51. The quantitative estimate of drug-likeness (QED) is 0.799. The van der Waals surface area contributed by atoms with E-state index in [-0.39, 0.29) is 4.90 Å². The Balaban J connectivity index is 1.89. The molecule has 0 spiro atoms. The van der Waals surface area contributed by atoms with Crippen molar-refractivity contribution >= 4 is 10.0 Å². The standard InChI is InChI=1S/C13H16N2O2S/c14-10-12-5-7-13(8-6-12)18(16,17)15-9-1-2-11-3-4-11/h5-8,11,15H,1-4,9H2. The van der Waals surface area contributed by atoms with E-state index in [0.717, 1.165) is 18.8 Å². The molecular formula is C13H16N2O2S. The molecule has 1 aliphatic carbocycles.